The van der Waals surface area contributed by atoms with Gasteiger partial charge in [-0.2, -0.15) is 0 Å². The van der Waals surface area contributed by atoms with Crippen LogP contribution in [-0.4, -0.2) is 31.5 Å². The van der Waals surface area contributed by atoms with Crippen molar-refractivity contribution in [2.45, 2.75) is 6.42 Å². The van der Waals surface area contributed by atoms with Gasteiger partial charge >= 0.3 is 0 Å². The van der Waals surface area contributed by atoms with Crippen LogP contribution in [0.1, 0.15) is 6.42 Å². The lowest BCUT2D eigenvalue weighted by Crippen LogP contribution is -2.16. The van der Waals surface area contributed by atoms with Gasteiger partial charge < -0.3 is 5.32 Å². The molecular weight excluding hydrogens is 248 g/mol. The first kappa shape index (κ1) is 11.7. The first-order chi connectivity index (χ1) is 7.55. The lowest BCUT2D eigenvalue weighted by molar-refractivity contribution is 0.595. The Morgan fingerprint density at radius 3 is 2.94 bits per heavy atom. The highest BCUT2D eigenvalue weighted by molar-refractivity contribution is 7.91. The van der Waals surface area contributed by atoms with Crippen LogP contribution in [0.4, 0.5) is 5.82 Å². The second-order valence-corrected chi connectivity index (χ2v) is 6.61. The fourth-order valence-corrected chi connectivity index (χ4v) is 3.81. The quantitative estimate of drug-likeness (QED) is 0.839. The van der Waals surface area contributed by atoms with Crippen molar-refractivity contribution in [1.29, 1.82) is 0 Å². The van der Waals surface area contributed by atoms with Gasteiger partial charge in [0.15, 0.2) is 9.84 Å². The molecule has 6 heteroatoms. The van der Waals surface area contributed by atoms with E-state index in [1.807, 2.05) is 12.1 Å². The molecule has 1 fully saturated rings. The van der Waals surface area contributed by atoms with Crippen molar-refractivity contribution in [2.75, 3.05) is 23.4 Å². The predicted octanol–water partition coefficient (Wildman–Crippen LogP) is 1.58. The van der Waals surface area contributed by atoms with E-state index in [4.69, 9.17) is 11.6 Å². The zero-order valence-corrected chi connectivity index (χ0v) is 10.3. The van der Waals surface area contributed by atoms with E-state index in [1.54, 1.807) is 6.07 Å². The van der Waals surface area contributed by atoms with Crippen molar-refractivity contribution in [3.05, 3.63) is 23.4 Å². The van der Waals surface area contributed by atoms with Gasteiger partial charge in [-0.05, 0) is 24.5 Å². The van der Waals surface area contributed by atoms with Gasteiger partial charge in [0, 0.05) is 6.54 Å². The average Bonchev–Trinajstić information content (AvgIpc) is 2.56. The molecule has 0 bridgehead atoms. The number of nitrogens with zero attached hydrogens (tertiary/aromatic N) is 1. The number of rotatable bonds is 3. The Morgan fingerprint density at radius 1 is 1.50 bits per heavy atom. The van der Waals surface area contributed by atoms with Gasteiger partial charge in [-0.25, -0.2) is 13.4 Å². The van der Waals surface area contributed by atoms with Crippen LogP contribution in [-0.2, 0) is 9.84 Å². The first-order valence-electron chi connectivity index (χ1n) is 5.12. The summed E-state index contributed by atoms with van der Waals surface area (Å²) in [7, 11) is -2.79. The molecule has 88 valence electrons. The van der Waals surface area contributed by atoms with Gasteiger partial charge in [-0.15, -0.1) is 0 Å². The molecule has 1 aromatic heterocycles. The number of sulfone groups is 1. The molecule has 1 aliphatic heterocycles. The van der Waals surface area contributed by atoms with Crippen molar-refractivity contribution in [3.63, 3.8) is 0 Å². The molecule has 2 rings (SSSR count). The molecule has 2 heterocycles. The van der Waals surface area contributed by atoms with Crippen LogP contribution in [0, 0.1) is 5.92 Å². The topological polar surface area (TPSA) is 59.1 Å². The molecule has 0 aromatic carbocycles. The Labute approximate surface area is 99.9 Å². The Balaban J connectivity index is 1.89. The summed E-state index contributed by atoms with van der Waals surface area (Å²) < 4.78 is 22.5. The summed E-state index contributed by atoms with van der Waals surface area (Å²) in [6, 6.07) is 5.32. The van der Waals surface area contributed by atoms with E-state index in [0.29, 0.717) is 23.3 Å². The lowest BCUT2D eigenvalue weighted by Gasteiger charge is -2.09. The minimum Gasteiger partial charge on any atom is -0.370 e. The Morgan fingerprint density at radius 2 is 2.31 bits per heavy atom. The smallest absolute Gasteiger partial charge is 0.150 e. The number of nitrogens with one attached hydrogen (secondary N) is 1. The molecule has 0 saturated carbocycles. The summed E-state index contributed by atoms with van der Waals surface area (Å²) in [4.78, 5) is 4.08. The molecule has 1 N–H and O–H groups in total. The molecule has 1 aliphatic rings. The summed E-state index contributed by atoms with van der Waals surface area (Å²) in [5.74, 6) is 1.46. The third-order valence-corrected chi connectivity index (χ3v) is 4.66. The van der Waals surface area contributed by atoms with Gasteiger partial charge in [0.1, 0.15) is 11.0 Å². The summed E-state index contributed by atoms with van der Waals surface area (Å²) in [5, 5.41) is 3.54. The standard InChI is InChI=1S/C10H13ClN2O2S/c11-9-2-1-3-10(13-9)12-6-8-4-5-16(14,15)7-8/h1-3,8H,4-7H2,(H,12,13). The van der Waals surface area contributed by atoms with Gasteiger partial charge in [-0.1, -0.05) is 17.7 Å². The molecular formula is C10H13ClN2O2S. The molecule has 1 saturated heterocycles. The fraction of sp³-hybridized carbons (Fsp3) is 0.500. The SMILES string of the molecule is O=S1(=O)CCC(CNc2cccc(Cl)n2)C1. The average molecular weight is 261 g/mol. The minimum atomic E-state index is -2.79. The van der Waals surface area contributed by atoms with Crippen molar-refractivity contribution in [1.82, 2.24) is 4.98 Å². The third-order valence-electron chi connectivity index (χ3n) is 2.61. The van der Waals surface area contributed by atoms with Crippen LogP contribution in [0.3, 0.4) is 0 Å². The van der Waals surface area contributed by atoms with Crippen LogP contribution in [0.5, 0.6) is 0 Å². The lowest BCUT2D eigenvalue weighted by atomic mass is 10.1. The number of aromatic nitrogens is 1. The molecule has 1 aromatic rings. The number of hydrogen-bond donors (Lipinski definition) is 1. The summed E-state index contributed by atoms with van der Waals surface area (Å²) in [6.07, 6.45) is 0.732. The molecule has 1 atom stereocenters. The molecule has 1 unspecified atom stereocenters. The second-order valence-electron chi connectivity index (χ2n) is 4.00. The van der Waals surface area contributed by atoms with E-state index >= 15 is 0 Å². The zero-order chi connectivity index (χ0) is 11.6. The second kappa shape index (κ2) is 4.59. The first-order valence-corrected chi connectivity index (χ1v) is 7.32. The van der Waals surface area contributed by atoms with Crippen LogP contribution in [0.25, 0.3) is 0 Å². The van der Waals surface area contributed by atoms with Crippen LogP contribution < -0.4 is 5.32 Å². The molecule has 16 heavy (non-hydrogen) atoms. The Kier molecular flexibility index (Phi) is 3.35. The normalized spacial score (nSPS) is 23.2. The molecule has 0 spiro atoms. The molecule has 0 aliphatic carbocycles. The predicted molar refractivity (Wildman–Crippen MR) is 64.5 cm³/mol. The molecule has 0 radical (unpaired) electrons. The van der Waals surface area contributed by atoms with Crippen LogP contribution in [0.15, 0.2) is 18.2 Å². The minimum absolute atomic E-state index is 0.186. The van der Waals surface area contributed by atoms with Crippen molar-refractivity contribution >= 4 is 27.3 Å². The molecule has 0 amide bonds. The largest absolute Gasteiger partial charge is 0.370 e. The van der Waals surface area contributed by atoms with E-state index in [1.165, 1.54) is 0 Å². The van der Waals surface area contributed by atoms with Crippen molar-refractivity contribution in [3.8, 4) is 0 Å². The highest BCUT2D eigenvalue weighted by Crippen LogP contribution is 2.19. The van der Waals surface area contributed by atoms with E-state index in [2.05, 4.69) is 10.3 Å². The summed E-state index contributed by atoms with van der Waals surface area (Å²) in [5.41, 5.74) is 0. The maximum atomic E-state index is 11.2. The Hall–Kier alpha value is -0.810. The maximum Gasteiger partial charge on any atom is 0.150 e. The number of hydrogen-bond acceptors (Lipinski definition) is 4. The monoisotopic (exact) mass is 260 g/mol. The van der Waals surface area contributed by atoms with Gasteiger partial charge in [0.05, 0.1) is 11.5 Å². The third kappa shape index (κ3) is 3.09. The van der Waals surface area contributed by atoms with E-state index < -0.39 is 9.84 Å². The van der Waals surface area contributed by atoms with Gasteiger partial charge in [0.2, 0.25) is 0 Å². The number of pyridine rings is 1. The van der Waals surface area contributed by atoms with Crippen molar-refractivity contribution < 1.29 is 8.42 Å². The highest BCUT2D eigenvalue weighted by Gasteiger charge is 2.27. The van der Waals surface area contributed by atoms with E-state index in [9.17, 15) is 8.42 Å². The van der Waals surface area contributed by atoms with Crippen molar-refractivity contribution in [2.24, 2.45) is 5.92 Å². The van der Waals surface area contributed by atoms with E-state index in [-0.39, 0.29) is 11.7 Å². The van der Waals surface area contributed by atoms with Gasteiger partial charge in [-0.3, -0.25) is 0 Å². The maximum absolute atomic E-state index is 11.2. The number of halogens is 1. The Bertz CT molecular complexity index is 475. The van der Waals surface area contributed by atoms with Gasteiger partial charge in [0.25, 0.3) is 0 Å². The summed E-state index contributed by atoms with van der Waals surface area (Å²) >= 11 is 5.74. The van der Waals surface area contributed by atoms with Crippen LogP contribution >= 0.6 is 11.6 Å². The zero-order valence-electron chi connectivity index (χ0n) is 8.69. The highest BCUT2D eigenvalue weighted by atomic mass is 35.5. The van der Waals surface area contributed by atoms with E-state index in [0.717, 1.165) is 6.42 Å². The van der Waals surface area contributed by atoms with Crippen LogP contribution in [0.2, 0.25) is 5.15 Å². The summed E-state index contributed by atoms with van der Waals surface area (Å²) in [6.45, 7) is 0.632. The number of anilines is 1. The molecule has 4 nitrogen and oxygen atoms in total. The fourth-order valence-electron chi connectivity index (χ4n) is 1.79.